The lowest BCUT2D eigenvalue weighted by Crippen LogP contribution is -2.36. The number of nitrogens with one attached hydrogen (secondary N) is 3. The quantitative estimate of drug-likeness (QED) is 0.417. The molecular formula is C25H32N6OS. The van der Waals surface area contributed by atoms with Crippen molar-refractivity contribution in [2.24, 2.45) is 5.92 Å². The minimum atomic E-state index is -0.141. The maximum Gasteiger partial charge on any atom is 0.319 e. The second kappa shape index (κ2) is 10.7. The van der Waals surface area contributed by atoms with Crippen LogP contribution in [-0.2, 0) is 0 Å². The molecule has 33 heavy (non-hydrogen) atoms. The van der Waals surface area contributed by atoms with E-state index < -0.39 is 0 Å². The van der Waals surface area contributed by atoms with Gasteiger partial charge in [0, 0.05) is 37.0 Å². The molecular weight excluding hydrogens is 432 g/mol. The first kappa shape index (κ1) is 23.2. The van der Waals surface area contributed by atoms with E-state index in [1.807, 2.05) is 67.7 Å². The van der Waals surface area contributed by atoms with E-state index in [9.17, 15) is 4.79 Å². The van der Waals surface area contributed by atoms with Gasteiger partial charge in [-0.25, -0.2) is 9.78 Å². The number of carbonyl (C=O) groups is 1. The number of rotatable bonds is 7. The van der Waals surface area contributed by atoms with Crippen LogP contribution in [0.2, 0.25) is 0 Å². The van der Waals surface area contributed by atoms with Gasteiger partial charge in [0.1, 0.15) is 5.82 Å². The fourth-order valence-electron chi connectivity index (χ4n) is 4.31. The van der Waals surface area contributed by atoms with Crippen molar-refractivity contribution in [3.05, 3.63) is 48.5 Å². The van der Waals surface area contributed by atoms with Crippen LogP contribution in [0.1, 0.15) is 25.7 Å². The van der Waals surface area contributed by atoms with Crippen molar-refractivity contribution in [3.8, 4) is 0 Å². The molecule has 2 amide bonds. The highest BCUT2D eigenvalue weighted by Crippen LogP contribution is 2.28. The molecule has 0 saturated heterocycles. The van der Waals surface area contributed by atoms with E-state index >= 15 is 0 Å². The molecule has 0 bridgehead atoms. The van der Waals surface area contributed by atoms with Crippen LogP contribution in [0.4, 0.5) is 22.2 Å². The maximum absolute atomic E-state index is 12.4. The van der Waals surface area contributed by atoms with Crippen molar-refractivity contribution in [2.45, 2.75) is 36.6 Å². The Bertz CT molecular complexity index is 1100. The Hall–Kier alpha value is -3.00. The average Bonchev–Trinajstić information content (AvgIpc) is 2.83. The largest absolute Gasteiger partial charge is 0.362 e. The summed E-state index contributed by atoms with van der Waals surface area (Å²) >= 11 is 1.62. The summed E-state index contributed by atoms with van der Waals surface area (Å²) in [6.07, 6.45) is 6.21. The zero-order valence-electron chi connectivity index (χ0n) is 19.5. The topological polar surface area (TPSA) is 82.2 Å². The van der Waals surface area contributed by atoms with Crippen LogP contribution >= 0.6 is 11.8 Å². The molecule has 7 nitrogen and oxygen atoms in total. The number of thioether (sulfide) groups is 1. The fraction of sp³-hybridized carbons (Fsp3) is 0.400. The molecule has 1 fully saturated rings. The first-order chi connectivity index (χ1) is 16.0. The van der Waals surface area contributed by atoms with Crippen molar-refractivity contribution in [1.29, 1.82) is 0 Å². The first-order valence-corrected chi connectivity index (χ1v) is 12.6. The van der Waals surface area contributed by atoms with E-state index in [-0.39, 0.29) is 6.03 Å². The Morgan fingerprint density at radius 2 is 1.76 bits per heavy atom. The Balaban J connectivity index is 1.27. The predicted octanol–water partition coefficient (Wildman–Crippen LogP) is 5.21. The summed E-state index contributed by atoms with van der Waals surface area (Å²) in [5.74, 6) is 2.10. The highest BCUT2D eigenvalue weighted by Gasteiger charge is 2.23. The van der Waals surface area contributed by atoms with Crippen molar-refractivity contribution in [3.63, 3.8) is 0 Å². The number of amides is 2. The minimum Gasteiger partial charge on any atom is -0.362 e. The summed E-state index contributed by atoms with van der Waals surface area (Å²) < 4.78 is 0. The molecule has 1 aromatic heterocycles. The lowest BCUT2D eigenvalue weighted by atomic mass is 9.86. The Morgan fingerprint density at radius 3 is 2.52 bits per heavy atom. The molecule has 3 N–H and O–H groups in total. The van der Waals surface area contributed by atoms with E-state index in [4.69, 9.17) is 9.97 Å². The van der Waals surface area contributed by atoms with Gasteiger partial charge in [-0.1, -0.05) is 24.3 Å². The second-order valence-electron chi connectivity index (χ2n) is 8.68. The summed E-state index contributed by atoms with van der Waals surface area (Å²) in [5.41, 5.74) is 1.80. The third kappa shape index (κ3) is 5.87. The molecule has 0 aliphatic heterocycles. The summed E-state index contributed by atoms with van der Waals surface area (Å²) in [6.45, 7) is 0.692. The zero-order valence-corrected chi connectivity index (χ0v) is 20.3. The van der Waals surface area contributed by atoms with E-state index in [0.29, 0.717) is 24.5 Å². The third-order valence-corrected chi connectivity index (χ3v) is 6.89. The maximum atomic E-state index is 12.4. The second-order valence-corrected chi connectivity index (χ2v) is 9.53. The molecule has 2 aromatic carbocycles. The molecule has 0 spiro atoms. The van der Waals surface area contributed by atoms with E-state index in [1.54, 1.807) is 11.8 Å². The minimum absolute atomic E-state index is 0.141. The van der Waals surface area contributed by atoms with Crippen LogP contribution in [-0.4, -0.2) is 48.9 Å². The Labute approximate surface area is 199 Å². The van der Waals surface area contributed by atoms with Crippen LogP contribution in [0.15, 0.2) is 53.4 Å². The number of nitrogens with zero attached hydrogens (tertiary/aromatic N) is 3. The summed E-state index contributed by atoms with van der Waals surface area (Å²) in [6, 6.07) is 16.2. The van der Waals surface area contributed by atoms with Crippen molar-refractivity contribution in [2.75, 3.05) is 42.4 Å². The fourth-order valence-corrected chi connectivity index (χ4v) is 4.86. The van der Waals surface area contributed by atoms with E-state index in [0.717, 1.165) is 53.0 Å². The van der Waals surface area contributed by atoms with Gasteiger partial charge in [-0.3, -0.25) is 0 Å². The van der Waals surface area contributed by atoms with Crippen LogP contribution in [0.5, 0.6) is 0 Å². The lowest BCUT2D eigenvalue weighted by Gasteiger charge is -2.29. The molecule has 1 aliphatic rings. The Morgan fingerprint density at radius 1 is 1.03 bits per heavy atom. The van der Waals surface area contributed by atoms with Crippen LogP contribution < -0.4 is 20.9 Å². The molecule has 8 heteroatoms. The van der Waals surface area contributed by atoms with Gasteiger partial charge in [-0.15, -0.1) is 11.8 Å². The molecule has 4 rings (SSSR count). The highest BCUT2D eigenvalue weighted by molar-refractivity contribution is 7.98. The van der Waals surface area contributed by atoms with E-state index in [1.165, 1.54) is 0 Å². The Kier molecular flexibility index (Phi) is 7.54. The normalized spacial score (nSPS) is 18.0. The number of hydrogen-bond donors (Lipinski definition) is 3. The lowest BCUT2D eigenvalue weighted by molar-refractivity contribution is 0.246. The zero-order chi connectivity index (χ0) is 23.2. The van der Waals surface area contributed by atoms with Gasteiger partial charge in [-0.2, -0.15) is 4.98 Å². The number of anilines is 3. The standard InChI is InChI=1S/C25H32N6OS/c1-31(2)23-19-8-4-5-9-20(19)28-24(30-23)27-18-14-12-17(13-15-18)16-26-25(32)29-21-10-6-7-11-22(21)33-3/h4-11,17-18H,12-16H2,1-3H3,(H2,26,29,32)(H,27,28,30)/t17-,18+. The highest BCUT2D eigenvalue weighted by atomic mass is 32.2. The molecule has 174 valence electrons. The van der Waals surface area contributed by atoms with Gasteiger partial charge in [0.2, 0.25) is 5.95 Å². The number of carbonyl (C=O) groups excluding carboxylic acids is 1. The molecule has 1 aliphatic carbocycles. The number of aromatic nitrogens is 2. The number of para-hydroxylation sites is 2. The monoisotopic (exact) mass is 464 g/mol. The van der Waals surface area contributed by atoms with Gasteiger partial charge in [0.15, 0.2) is 0 Å². The van der Waals surface area contributed by atoms with Gasteiger partial charge in [0.25, 0.3) is 0 Å². The first-order valence-electron chi connectivity index (χ1n) is 11.4. The smallest absolute Gasteiger partial charge is 0.319 e. The van der Waals surface area contributed by atoms with Crippen molar-refractivity contribution < 1.29 is 4.79 Å². The van der Waals surface area contributed by atoms with Gasteiger partial charge >= 0.3 is 6.03 Å². The number of hydrogen-bond acceptors (Lipinski definition) is 6. The van der Waals surface area contributed by atoms with Crippen LogP contribution in [0, 0.1) is 5.92 Å². The molecule has 0 radical (unpaired) electrons. The average molecular weight is 465 g/mol. The SMILES string of the molecule is CSc1ccccc1NC(=O)NC[C@H]1CC[C@@H](Nc2nc(N(C)C)c3ccccc3n2)CC1. The van der Waals surface area contributed by atoms with Crippen molar-refractivity contribution in [1.82, 2.24) is 15.3 Å². The van der Waals surface area contributed by atoms with E-state index in [2.05, 4.69) is 22.0 Å². The summed E-state index contributed by atoms with van der Waals surface area (Å²) in [4.78, 5) is 24.9. The van der Waals surface area contributed by atoms with Crippen LogP contribution in [0.25, 0.3) is 10.9 Å². The summed E-state index contributed by atoms with van der Waals surface area (Å²) in [5, 5.41) is 10.6. The van der Waals surface area contributed by atoms with Gasteiger partial charge < -0.3 is 20.9 Å². The van der Waals surface area contributed by atoms with Crippen LogP contribution in [0.3, 0.4) is 0 Å². The molecule has 0 atom stereocenters. The molecule has 3 aromatic rings. The third-order valence-electron chi connectivity index (χ3n) is 6.09. The number of fused-ring (bicyclic) bond motifs is 1. The predicted molar refractivity (Wildman–Crippen MR) is 138 cm³/mol. The molecule has 1 heterocycles. The number of urea groups is 1. The summed E-state index contributed by atoms with van der Waals surface area (Å²) in [7, 11) is 4.01. The van der Waals surface area contributed by atoms with Gasteiger partial charge in [0.05, 0.1) is 11.2 Å². The number of benzene rings is 2. The molecule has 1 saturated carbocycles. The van der Waals surface area contributed by atoms with Crippen molar-refractivity contribution >= 4 is 46.1 Å². The molecule has 0 unspecified atom stereocenters. The van der Waals surface area contributed by atoms with Gasteiger partial charge in [-0.05, 0) is 62.1 Å².